The lowest BCUT2D eigenvalue weighted by Crippen LogP contribution is -2.44. The maximum Gasteiger partial charge on any atom is 0.119 e. The van der Waals surface area contributed by atoms with E-state index >= 15 is 0 Å². The minimum Gasteiger partial charge on any atom is -0.494 e. The molecular weight excluding hydrogens is 250 g/mol. The largest absolute Gasteiger partial charge is 0.494 e. The van der Waals surface area contributed by atoms with E-state index in [9.17, 15) is 0 Å². The van der Waals surface area contributed by atoms with Crippen molar-refractivity contribution < 1.29 is 9.47 Å². The molecule has 0 amide bonds. The van der Waals surface area contributed by atoms with Crippen molar-refractivity contribution >= 4 is 0 Å². The molecule has 1 heterocycles. The lowest BCUT2D eigenvalue weighted by Gasteiger charge is -2.35. The van der Waals surface area contributed by atoms with E-state index in [1.807, 2.05) is 19.1 Å². The first-order chi connectivity index (χ1) is 9.78. The zero-order chi connectivity index (χ0) is 14.4. The smallest absolute Gasteiger partial charge is 0.119 e. The third-order valence-corrected chi connectivity index (χ3v) is 4.15. The normalized spacial score (nSPS) is 23.0. The van der Waals surface area contributed by atoms with Gasteiger partial charge in [-0.1, -0.05) is 38.8 Å². The molecule has 0 radical (unpaired) electrons. The van der Waals surface area contributed by atoms with Gasteiger partial charge >= 0.3 is 0 Å². The Morgan fingerprint density at radius 3 is 2.45 bits per heavy atom. The lowest BCUT2D eigenvalue weighted by atomic mass is 9.94. The van der Waals surface area contributed by atoms with E-state index in [0.717, 1.165) is 18.8 Å². The van der Waals surface area contributed by atoms with Crippen molar-refractivity contribution in [2.45, 2.75) is 45.8 Å². The second kappa shape index (κ2) is 7.65. The van der Waals surface area contributed by atoms with Gasteiger partial charge in [0, 0.05) is 13.1 Å². The SMILES string of the molecule is CCOc1ccc(C2CNCC(C(CC)CC)O2)cc1. The second-order valence-electron chi connectivity index (χ2n) is 5.40. The summed E-state index contributed by atoms with van der Waals surface area (Å²) in [5.41, 5.74) is 1.23. The summed E-state index contributed by atoms with van der Waals surface area (Å²) in [4.78, 5) is 0. The molecule has 0 saturated carbocycles. The molecular formula is C17H27NO2. The zero-order valence-corrected chi connectivity index (χ0v) is 12.9. The van der Waals surface area contributed by atoms with Gasteiger partial charge in [0.05, 0.1) is 18.8 Å². The van der Waals surface area contributed by atoms with Crippen LogP contribution in [0, 0.1) is 5.92 Å². The quantitative estimate of drug-likeness (QED) is 0.862. The van der Waals surface area contributed by atoms with Crippen molar-refractivity contribution in [3.8, 4) is 5.75 Å². The Morgan fingerprint density at radius 2 is 1.85 bits per heavy atom. The molecule has 1 aromatic carbocycles. The van der Waals surface area contributed by atoms with Crippen LogP contribution >= 0.6 is 0 Å². The Kier molecular flexibility index (Phi) is 5.86. The molecule has 2 atom stereocenters. The van der Waals surface area contributed by atoms with Gasteiger partial charge in [-0.05, 0) is 30.5 Å². The van der Waals surface area contributed by atoms with Gasteiger partial charge in [0.15, 0.2) is 0 Å². The molecule has 112 valence electrons. The molecule has 3 nitrogen and oxygen atoms in total. The maximum absolute atomic E-state index is 6.31. The Labute approximate surface area is 122 Å². The van der Waals surface area contributed by atoms with Gasteiger partial charge in [-0.3, -0.25) is 0 Å². The summed E-state index contributed by atoms with van der Waals surface area (Å²) in [6, 6.07) is 8.30. The van der Waals surface area contributed by atoms with E-state index in [0.29, 0.717) is 18.6 Å². The molecule has 1 aromatic rings. The molecule has 1 aliphatic heterocycles. The number of nitrogens with one attached hydrogen (secondary N) is 1. The molecule has 1 fully saturated rings. The molecule has 1 saturated heterocycles. The highest BCUT2D eigenvalue weighted by atomic mass is 16.5. The lowest BCUT2D eigenvalue weighted by molar-refractivity contribution is -0.0688. The van der Waals surface area contributed by atoms with Crippen LogP contribution in [0.5, 0.6) is 5.75 Å². The third kappa shape index (κ3) is 3.74. The highest BCUT2D eigenvalue weighted by molar-refractivity contribution is 5.29. The summed E-state index contributed by atoms with van der Waals surface area (Å²) >= 11 is 0. The van der Waals surface area contributed by atoms with Crippen LogP contribution < -0.4 is 10.1 Å². The van der Waals surface area contributed by atoms with Gasteiger partial charge < -0.3 is 14.8 Å². The van der Waals surface area contributed by atoms with Crippen LogP contribution in [0.15, 0.2) is 24.3 Å². The second-order valence-corrected chi connectivity index (χ2v) is 5.40. The molecule has 0 aliphatic carbocycles. The summed E-state index contributed by atoms with van der Waals surface area (Å²) in [5, 5.41) is 3.52. The number of benzene rings is 1. The van der Waals surface area contributed by atoms with Crippen LogP contribution in [0.1, 0.15) is 45.3 Å². The minimum absolute atomic E-state index is 0.157. The van der Waals surface area contributed by atoms with Gasteiger partial charge in [0.25, 0.3) is 0 Å². The van der Waals surface area contributed by atoms with Gasteiger partial charge in [-0.15, -0.1) is 0 Å². The highest BCUT2D eigenvalue weighted by Crippen LogP contribution is 2.28. The van der Waals surface area contributed by atoms with Crippen LogP contribution in [0.2, 0.25) is 0 Å². The van der Waals surface area contributed by atoms with E-state index < -0.39 is 0 Å². The molecule has 2 rings (SSSR count). The topological polar surface area (TPSA) is 30.5 Å². The van der Waals surface area contributed by atoms with Gasteiger partial charge in [-0.2, -0.15) is 0 Å². The first kappa shape index (κ1) is 15.3. The third-order valence-electron chi connectivity index (χ3n) is 4.15. The fraction of sp³-hybridized carbons (Fsp3) is 0.647. The minimum atomic E-state index is 0.157. The molecule has 20 heavy (non-hydrogen) atoms. The first-order valence-electron chi connectivity index (χ1n) is 7.87. The van der Waals surface area contributed by atoms with Crippen molar-refractivity contribution in [3.05, 3.63) is 29.8 Å². The van der Waals surface area contributed by atoms with E-state index in [-0.39, 0.29) is 6.10 Å². The Bertz CT molecular complexity index is 386. The number of hydrogen-bond acceptors (Lipinski definition) is 3. The van der Waals surface area contributed by atoms with Crippen LogP contribution in [-0.4, -0.2) is 25.8 Å². The van der Waals surface area contributed by atoms with Gasteiger partial charge in [0.1, 0.15) is 5.75 Å². The molecule has 0 aromatic heterocycles. The molecule has 0 spiro atoms. The summed E-state index contributed by atoms with van der Waals surface area (Å²) in [5.74, 6) is 1.57. The van der Waals surface area contributed by atoms with E-state index in [4.69, 9.17) is 9.47 Å². The predicted octanol–water partition coefficient (Wildman–Crippen LogP) is 3.55. The molecule has 2 unspecified atom stereocenters. The summed E-state index contributed by atoms with van der Waals surface area (Å²) in [6.45, 7) is 9.07. The van der Waals surface area contributed by atoms with Crippen molar-refractivity contribution in [1.29, 1.82) is 0 Å². The van der Waals surface area contributed by atoms with Crippen LogP contribution in [0.4, 0.5) is 0 Å². The van der Waals surface area contributed by atoms with Crippen LogP contribution in [-0.2, 0) is 4.74 Å². The summed E-state index contributed by atoms with van der Waals surface area (Å²) in [6.07, 6.45) is 2.85. The fourth-order valence-electron chi connectivity index (χ4n) is 2.90. The fourth-order valence-corrected chi connectivity index (χ4v) is 2.90. The molecule has 1 aliphatic rings. The maximum atomic E-state index is 6.31. The molecule has 3 heteroatoms. The van der Waals surface area contributed by atoms with Crippen molar-refractivity contribution in [2.24, 2.45) is 5.92 Å². The van der Waals surface area contributed by atoms with Gasteiger partial charge in [-0.25, -0.2) is 0 Å². The van der Waals surface area contributed by atoms with Crippen LogP contribution in [0.3, 0.4) is 0 Å². The highest BCUT2D eigenvalue weighted by Gasteiger charge is 2.27. The standard InChI is InChI=1S/C17H27NO2/c1-4-13(5-2)16-11-18-12-17(20-16)14-7-9-15(10-8-14)19-6-3/h7-10,13,16-18H,4-6,11-12H2,1-3H3. The summed E-state index contributed by atoms with van der Waals surface area (Å²) < 4.78 is 11.8. The van der Waals surface area contributed by atoms with Crippen LogP contribution in [0.25, 0.3) is 0 Å². The van der Waals surface area contributed by atoms with Crippen molar-refractivity contribution in [2.75, 3.05) is 19.7 Å². The zero-order valence-electron chi connectivity index (χ0n) is 12.9. The number of rotatable bonds is 6. The van der Waals surface area contributed by atoms with E-state index in [1.165, 1.54) is 18.4 Å². The predicted molar refractivity (Wildman–Crippen MR) is 82.2 cm³/mol. The molecule has 0 bridgehead atoms. The Hall–Kier alpha value is -1.06. The molecule has 1 N–H and O–H groups in total. The van der Waals surface area contributed by atoms with E-state index in [2.05, 4.69) is 31.3 Å². The van der Waals surface area contributed by atoms with E-state index in [1.54, 1.807) is 0 Å². The summed E-state index contributed by atoms with van der Waals surface area (Å²) in [7, 11) is 0. The first-order valence-corrected chi connectivity index (χ1v) is 7.87. The Morgan fingerprint density at radius 1 is 1.15 bits per heavy atom. The van der Waals surface area contributed by atoms with Crippen molar-refractivity contribution in [1.82, 2.24) is 5.32 Å². The monoisotopic (exact) mass is 277 g/mol. The number of morpholine rings is 1. The average molecular weight is 277 g/mol. The average Bonchev–Trinajstić information content (AvgIpc) is 2.50. The Balaban J connectivity index is 2.01. The van der Waals surface area contributed by atoms with Gasteiger partial charge in [0.2, 0.25) is 0 Å². The number of hydrogen-bond donors (Lipinski definition) is 1. The van der Waals surface area contributed by atoms with Crippen molar-refractivity contribution in [3.63, 3.8) is 0 Å². The number of ether oxygens (including phenoxy) is 2.